The van der Waals surface area contributed by atoms with E-state index < -0.39 is 0 Å². The first kappa shape index (κ1) is 14.6. The van der Waals surface area contributed by atoms with Crippen molar-refractivity contribution in [3.8, 4) is 0 Å². The van der Waals surface area contributed by atoms with Gasteiger partial charge < -0.3 is 9.73 Å². The summed E-state index contributed by atoms with van der Waals surface area (Å²) in [5.74, 6) is 1.95. The maximum atomic E-state index is 5.59. The lowest BCUT2D eigenvalue weighted by atomic mass is 10.3. The lowest BCUT2D eigenvalue weighted by molar-refractivity contribution is 0.282. The second-order valence-electron chi connectivity index (χ2n) is 5.15. The third-order valence-electron chi connectivity index (χ3n) is 3.05. The average molecular weight is 273 g/mol. The molecule has 0 aliphatic heterocycles. The molecule has 2 aromatic heterocycles. The van der Waals surface area contributed by atoms with Crippen molar-refractivity contribution in [1.29, 1.82) is 0 Å². The van der Waals surface area contributed by atoms with E-state index in [0.717, 1.165) is 49.0 Å². The van der Waals surface area contributed by atoms with Crippen molar-refractivity contribution in [2.45, 2.75) is 33.4 Å². The number of furan rings is 1. The number of nitrogens with one attached hydrogen (secondary N) is 1. The van der Waals surface area contributed by atoms with Gasteiger partial charge in [-0.25, -0.2) is 0 Å². The van der Waals surface area contributed by atoms with Gasteiger partial charge in [0.05, 0.1) is 12.2 Å². The van der Waals surface area contributed by atoms with E-state index in [-0.39, 0.29) is 0 Å². The maximum absolute atomic E-state index is 5.59. The zero-order chi connectivity index (χ0) is 14.4. The van der Waals surface area contributed by atoms with Crippen LogP contribution in [0.2, 0.25) is 0 Å². The topological polar surface area (TPSA) is 41.3 Å². The zero-order valence-electron chi connectivity index (χ0n) is 12.5. The number of rotatable bonds is 7. The molecule has 0 aliphatic rings. The average Bonchev–Trinajstić information content (AvgIpc) is 2.82. The van der Waals surface area contributed by atoms with Crippen LogP contribution in [0.1, 0.15) is 30.6 Å². The Bertz CT molecular complexity index is 536. The Morgan fingerprint density at radius 2 is 2.10 bits per heavy atom. The molecule has 1 N–H and O–H groups in total. The van der Waals surface area contributed by atoms with Crippen LogP contribution in [0.25, 0.3) is 0 Å². The van der Waals surface area contributed by atoms with E-state index in [4.69, 9.17) is 4.42 Å². The van der Waals surface area contributed by atoms with Gasteiger partial charge in [0, 0.05) is 25.0 Å². The Morgan fingerprint density at radius 3 is 2.80 bits per heavy atom. The Kier molecular flexibility index (Phi) is 5.18. The van der Waals surface area contributed by atoms with Gasteiger partial charge >= 0.3 is 0 Å². The molecular weight excluding hydrogens is 250 g/mol. The first-order chi connectivity index (χ1) is 9.67. The molecule has 2 aromatic rings. The molecule has 0 aromatic carbocycles. The lowest BCUT2D eigenvalue weighted by Gasteiger charge is -2.15. The molecule has 0 bridgehead atoms. The van der Waals surface area contributed by atoms with E-state index in [1.807, 2.05) is 31.3 Å². The molecule has 0 saturated carbocycles. The summed E-state index contributed by atoms with van der Waals surface area (Å²) in [6, 6.07) is 8.14. The standard InChI is InChI=1S/C16H23N3O/c1-4-8-17-14-7-9-18-15(10-14)11-19(3)12-16-6-5-13(2)20-16/h5-7,9-10H,4,8,11-12H2,1-3H3,(H,17,18). The first-order valence-electron chi connectivity index (χ1n) is 7.10. The van der Waals surface area contributed by atoms with Crippen LogP contribution in [0.5, 0.6) is 0 Å². The molecule has 0 atom stereocenters. The van der Waals surface area contributed by atoms with Crippen LogP contribution in [0, 0.1) is 6.92 Å². The third kappa shape index (κ3) is 4.38. The zero-order valence-corrected chi connectivity index (χ0v) is 12.5. The summed E-state index contributed by atoms with van der Waals surface area (Å²) >= 11 is 0. The van der Waals surface area contributed by atoms with E-state index in [0.29, 0.717) is 0 Å². The minimum absolute atomic E-state index is 0.794. The second-order valence-corrected chi connectivity index (χ2v) is 5.15. The molecule has 2 rings (SSSR count). The van der Waals surface area contributed by atoms with E-state index in [1.165, 1.54) is 0 Å². The fraction of sp³-hybridized carbons (Fsp3) is 0.438. The van der Waals surface area contributed by atoms with E-state index in [9.17, 15) is 0 Å². The highest BCUT2D eigenvalue weighted by Crippen LogP contribution is 2.13. The number of anilines is 1. The van der Waals surface area contributed by atoms with Crippen LogP contribution in [-0.4, -0.2) is 23.5 Å². The number of aromatic nitrogens is 1. The molecule has 4 heteroatoms. The predicted octanol–water partition coefficient (Wildman–Crippen LogP) is 3.44. The van der Waals surface area contributed by atoms with Crippen molar-refractivity contribution in [2.24, 2.45) is 0 Å². The third-order valence-corrected chi connectivity index (χ3v) is 3.05. The summed E-state index contributed by atoms with van der Waals surface area (Å²) < 4.78 is 5.59. The molecule has 0 radical (unpaired) electrons. The van der Waals surface area contributed by atoms with E-state index >= 15 is 0 Å². The van der Waals surface area contributed by atoms with Gasteiger partial charge in [-0.15, -0.1) is 0 Å². The minimum atomic E-state index is 0.794. The van der Waals surface area contributed by atoms with Gasteiger partial charge in [-0.1, -0.05) is 6.92 Å². The van der Waals surface area contributed by atoms with Crippen molar-refractivity contribution < 1.29 is 4.42 Å². The number of hydrogen-bond donors (Lipinski definition) is 1. The number of pyridine rings is 1. The van der Waals surface area contributed by atoms with Crippen molar-refractivity contribution in [2.75, 3.05) is 18.9 Å². The van der Waals surface area contributed by atoms with Crippen LogP contribution >= 0.6 is 0 Å². The largest absolute Gasteiger partial charge is 0.465 e. The minimum Gasteiger partial charge on any atom is -0.465 e. The van der Waals surface area contributed by atoms with Gasteiger partial charge in [0.25, 0.3) is 0 Å². The molecule has 0 aliphatic carbocycles. The molecule has 0 amide bonds. The molecule has 4 nitrogen and oxygen atoms in total. The molecular formula is C16H23N3O. The molecule has 0 saturated heterocycles. The molecule has 0 spiro atoms. The van der Waals surface area contributed by atoms with Gasteiger partial charge in [-0.3, -0.25) is 9.88 Å². The maximum Gasteiger partial charge on any atom is 0.118 e. The van der Waals surface area contributed by atoms with Crippen LogP contribution < -0.4 is 5.32 Å². The molecule has 20 heavy (non-hydrogen) atoms. The second kappa shape index (κ2) is 7.10. The van der Waals surface area contributed by atoms with Crippen molar-refractivity contribution in [3.63, 3.8) is 0 Å². The molecule has 0 fully saturated rings. The summed E-state index contributed by atoms with van der Waals surface area (Å²) in [6.07, 6.45) is 2.98. The number of nitrogens with zero attached hydrogens (tertiary/aromatic N) is 2. The van der Waals surface area contributed by atoms with E-state index in [2.05, 4.69) is 35.2 Å². The van der Waals surface area contributed by atoms with Crippen LogP contribution in [-0.2, 0) is 13.1 Å². The summed E-state index contributed by atoms with van der Waals surface area (Å²) in [5, 5.41) is 3.38. The van der Waals surface area contributed by atoms with Crippen LogP contribution in [0.4, 0.5) is 5.69 Å². The normalized spacial score (nSPS) is 11.0. The van der Waals surface area contributed by atoms with Gasteiger partial charge in [0.15, 0.2) is 0 Å². The number of aryl methyl sites for hydroxylation is 1. The molecule has 108 valence electrons. The van der Waals surface area contributed by atoms with Gasteiger partial charge in [0.1, 0.15) is 11.5 Å². The Balaban J connectivity index is 1.91. The lowest BCUT2D eigenvalue weighted by Crippen LogP contribution is -2.17. The Morgan fingerprint density at radius 1 is 1.25 bits per heavy atom. The van der Waals surface area contributed by atoms with E-state index in [1.54, 1.807) is 0 Å². The monoisotopic (exact) mass is 273 g/mol. The van der Waals surface area contributed by atoms with Gasteiger partial charge in [-0.2, -0.15) is 0 Å². The quantitative estimate of drug-likeness (QED) is 0.839. The summed E-state index contributed by atoms with van der Waals surface area (Å²) in [7, 11) is 2.08. The van der Waals surface area contributed by atoms with Crippen molar-refractivity contribution in [3.05, 3.63) is 47.7 Å². The highest BCUT2D eigenvalue weighted by Gasteiger charge is 2.06. The SMILES string of the molecule is CCCNc1ccnc(CN(C)Cc2ccc(C)o2)c1. The summed E-state index contributed by atoms with van der Waals surface area (Å²) in [4.78, 5) is 6.62. The van der Waals surface area contributed by atoms with Gasteiger partial charge in [0.2, 0.25) is 0 Å². The predicted molar refractivity (Wildman–Crippen MR) is 81.6 cm³/mol. The van der Waals surface area contributed by atoms with Gasteiger partial charge in [-0.05, 0) is 44.7 Å². The summed E-state index contributed by atoms with van der Waals surface area (Å²) in [5.41, 5.74) is 2.20. The Labute approximate surface area is 120 Å². The fourth-order valence-corrected chi connectivity index (χ4v) is 2.11. The first-order valence-corrected chi connectivity index (χ1v) is 7.10. The fourth-order valence-electron chi connectivity index (χ4n) is 2.11. The highest BCUT2D eigenvalue weighted by atomic mass is 16.3. The summed E-state index contributed by atoms with van der Waals surface area (Å²) in [6.45, 7) is 6.72. The van der Waals surface area contributed by atoms with Crippen LogP contribution in [0.15, 0.2) is 34.9 Å². The van der Waals surface area contributed by atoms with Crippen LogP contribution in [0.3, 0.4) is 0 Å². The molecule has 0 unspecified atom stereocenters. The highest BCUT2D eigenvalue weighted by molar-refractivity contribution is 5.43. The van der Waals surface area contributed by atoms with Crippen molar-refractivity contribution >= 4 is 5.69 Å². The number of hydrogen-bond acceptors (Lipinski definition) is 4. The van der Waals surface area contributed by atoms with Crippen molar-refractivity contribution in [1.82, 2.24) is 9.88 Å². The molecule has 2 heterocycles. The Hall–Kier alpha value is -1.81. The smallest absolute Gasteiger partial charge is 0.118 e.